The lowest BCUT2D eigenvalue weighted by Gasteiger charge is -2.13. The molecule has 0 aliphatic heterocycles. The summed E-state index contributed by atoms with van der Waals surface area (Å²) in [4.78, 5) is 0. The molecule has 0 bridgehead atoms. The van der Waals surface area contributed by atoms with E-state index in [1.165, 1.54) is 21.9 Å². The highest BCUT2D eigenvalue weighted by Crippen LogP contribution is 2.26. The molecule has 2 aromatic rings. The molecule has 0 aromatic heterocycles. The molecule has 84 valence electrons. The standard InChI is InChI=1S/C15H18O/c1-10(2)15-8-12-5-4-11(3)6-13(12)7-14(15)9-16/h4-8,10,16H,9H2,1-3H3. The van der Waals surface area contributed by atoms with Crippen LogP contribution in [0.3, 0.4) is 0 Å². The average molecular weight is 214 g/mol. The SMILES string of the molecule is Cc1ccc2cc(C(C)C)c(CO)cc2c1. The van der Waals surface area contributed by atoms with Crippen LogP contribution in [0.1, 0.15) is 36.5 Å². The van der Waals surface area contributed by atoms with E-state index in [0.29, 0.717) is 5.92 Å². The number of benzene rings is 2. The first-order valence-corrected chi connectivity index (χ1v) is 5.76. The lowest BCUT2D eigenvalue weighted by molar-refractivity contribution is 0.280. The van der Waals surface area contributed by atoms with Crippen molar-refractivity contribution in [1.82, 2.24) is 0 Å². The molecule has 0 radical (unpaired) electrons. The van der Waals surface area contributed by atoms with Gasteiger partial charge in [0, 0.05) is 0 Å². The molecular formula is C15H18O. The van der Waals surface area contributed by atoms with Gasteiger partial charge in [0.05, 0.1) is 6.61 Å². The molecule has 1 N–H and O–H groups in total. The first-order chi connectivity index (χ1) is 7.61. The molecule has 0 fully saturated rings. The molecule has 16 heavy (non-hydrogen) atoms. The zero-order valence-corrected chi connectivity index (χ0v) is 10.1. The van der Waals surface area contributed by atoms with Crippen LogP contribution < -0.4 is 0 Å². The van der Waals surface area contributed by atoms with E-state index in [9.17, 15) is 5.11 Å². The number of aryl methyl sites for hydroxylation is 1. The van der Waals surface area contributed by atoms with Gasteiger partial charge in [0.15, 0.2) is 0 Å². The molecule has 0 spiro atoms. The second kappa shape index (κ2) is 4.26. The lowest BCUT2D eigenvalue weighted by Crippen LogP contribution is -1.96. The van der Waals surface area contributed by atoms with Crippen molar-refractivity contribution in [2.75, 3.05) is 0 Å². The summed E-state index contributed by atoms with van der Waals surface area (Å²) in [7, 11) is 0. The number of aliphatic hydroxyl groups is 1. The summed E-state index contributed by atoms with van der Waals surface area (Å²) >= 11 is 0. The molecule has 2 aromatic carbocycles. The third kappa shape index (κ3) is 1.96. The Labute approximate surface area is 96.7 Å². The molecule has 0 unspecified atom stereocenters. The average Bonchev–Trinajstić information content (AvgIpc) is 2.26. The Hall–Kier alpha value is -1.34. The number of fused-ring (bicyclic) bond motifs is 1. The van der Waals surface area contributed by atoms with Gasteiger partial charge >= 0.3 is 0 Å². The van der Waals surface area contributed by atoms with Crippen molar-refractivity contribution >= 4 is 10.8 Å². The minimum Gasteiger partial charge on any atom is -0.392 e. The van der Waals surface area contributed by atoms with Crippen LogP contribution in [0.25, 0.3) is 10.8 Å². The van der Waals surface area contributed by atoms with Crippen LogP contribution in [0.15, 0.2) is 30.3 Å². The second-order valence-corrected chi connectivity index (χ2v) is 4.71. The Morgan fingerprint density at radius 1 is 1.06 bits per heavy atom. The van der Waals surface area contributed by atoms with E-state index in [4.69, 9.17) is 0 Å². The van der Waals surface area contributed by atoms with Gasteiger partial charge in [0.2, 0.25) is 0 Å². The molecule has 0 saturated carbocycles. The van der Waals surface area contributed by atoms with Crippen LogP contribution in [-0.4, -0.2) is 5.11 Å². The Morgan fingerprint density at radius 2 is 1.81 bits per heavy atom. The van der Waals surface area contributed by atoms with E-state index in [1.54, 1.807) is 0 Å². The van der Waals surface area contributed by atoms with Crippen LogP contribution in [0.2, 0.25) is 0 Å². The fraction of sp³-hybridized carbons (Fsp3) is 0.333. The summed E-state index contributed by atoms with van der Waals surface area (Å²) in [6.45, 7) is 6.54. The predicted octanol–water partition coefficient (Wildman–Crippen LogP) is 3.76. The van der Waals surface area contributed by atoms with Crippen LogP contribution >= 0.6 is 0 Å². The smallest absolute Gasteiger partial charge is 0.0684 e. The van der Waals surface area contributed by atoms with Gasteiger partial charge in [-0.2, -0.15) is 0 Å². The van der Waals surface area contributed by atoms with Crippen molar-refractivity contribution in [3.63, 3.8) is 0 Å². The zero-order chi connectivity index (χ0) is 11.7. The molecule has 1 heteroatoms. The van der Waals surface area contributed by atoms with Gasteiger partial charge in [0.1, 0.15) is 0 Å². The highest BCUT2D eigenvalue weighted by Gasteiger charge is 2.07. The van der Waals surface area contributed by atoms with Gasteiger partial charge < -0.3 is 5.11 Å². The maximum Gasteiger partial charge on any atom is 0.0684 e. The quantitative estimate of drug-likeness (QED) is 0.807. The normalized spacial score (nSPS) is 11.3. The molecule has 0 aliphatic carbocycles. The Bertz CT molecular complexity index is 512. The number of aliphatic hydroxyl groups excluding tert-OH is 1. The topological polar surface area (TPSA) is 20.2 Å². The Morgan fingerprint density at radius 3 is 2.44 bits per heavy atom. The van der Waals surface area contributed by atoms with Gasteiger partial charge in [0.25, 0.3) is 0 Å². The number of hydrogen-bond acceptors (Lipinski definition) is 1. The van der Waals surface area contributed by atoms with Crippen LogP contribution in [0.5, 0.6) is 0 Å². The molecule has 0 aliphatic rings. The molecular weight excluding hydrogens is 196 g/mol. The van der Waals surface area contributed by atoms with Crippen LogP contribution in [-0.2, 0) is 6.61 Å². The van der Waals surface area contributed by atoms with Crippen molar-refractivity contribution in [2.45, 2.75) is 33.3 Å². The van der Waals surface area contributed by atoms with Gasteiger partial charge in [-0.25, -0.2) is 0 Å². The maximum atomic E-state index is 9.40. The molecule has 2 rings (SSSR count). The molecule has 1 nitrogen and oxygen atoms in total. The fourth-order valence-electron chi connectivity index (χ4n) is 2.16. The van der Waals surface area contributed by atoms with Crippen molar-refractivity contribution in [1.29, 1.82) is 0 Å². The Balaban J connectivity index is 2.70. The van der Waals surface area contributed by atoms with Crippen LogP contribution in [0.4, 0.5) is 0 Å². The molecule has 0 atom stereocenters. The first kappa shape index (κ1) is 11.2. The van der Waals surface area contributed by atoms with E-state index in [0.717, 1.165) is 5.56 Å². The minimum absolute atomic E-state index is 0.122. The van der Waals surface area contributed by atoms with Gasteiger partial charge in [-0.05, 0) is 40.8 Å². The monoisotopic (exact) mass is 214 g/mol. The molecule has 0 saturated heterocycles. The highest BCUT2D eigenvalue weighted by molar-refractivity contribution is 5.85. The predicted molar refractivity (Wildman–Crippen MR) is 68.7 cm³/mol. The van der Waals surface area contributed by atoms with E-state index >= 15 is 0 Å². The van der Waals surface area contributed by atoms with E-state index in [2.05, 4.69) is 51.1 Å². The van der Waals surface area contributed by atoms with Crippen molar-refractivity contribution in [2.24, 2.45) is 0 Å². The van der Waals surface area contributed by atoms with Gasteiger partial charge in [-0.1, -0.05) is 43.7 Å². The highest BCUT2D eigenvalue weighted by atomic mass is 16.3. The summed E-state index contributed by atoms with van der Waals surface area (Å²) in [5, 5.41) is 11.9. The number of hydrogen-bond donors (Lipinski definition) is 1. The lowest BCUT2D eigenvalue weighted by atomic mass is 9.93. The molecule has 0 amide bonds. The summed E-state index contributed by atoms with van der Waals surface area (Å²) in [5.74, 6) is 0.452. The maximum absolute atomic E-state index is 9.40. The largest absolute Gasteiger partial charge is 0.392 e. The van der Waals surface area contributed by atoms with Crippen molar-refractivity contribution in [3.8, 4) is 0 Å². The van der Waals surface area contributed by atoms with Gasteiger partial charge in [-0.3, -0.25) is 0 Å². The zero-order valence-electron chi connectivity index (χ0n) is 10.1. The summed E-state index contributed by atoms with van der Waals surface area (Å²) in [5.41, 5.74) is 3.56. The van der Waals surface area contributed by atoms with Gasteiger partial charge in [-0.15, -0.1) is 0 Å². The van der Waals surface area contributed by atoms with Crippen molar-refractivity contribution in [3.05, 3.63) is 47.0 Å². The Kier molecular flexibility index (Phi) is 2.97. The van der Waals surface area contributed by atoms with Crippen molar-refractivity contribution < 1.29 is 5.11 Å². The summed E-state index contributed by atoms with van der Waals surface area (Å²) in [6.07, 6.45) is 0. The van der Waals surface area contributed by atoms with E-state index in [-0.39, 0.29) is 6.61 Å². The summed E-state index contributed by atoms with van der Waals surface area (Å²) in [6, 6.07) is 10.8. The summed E-state index contributed by atoms with van der Waals surface area (Å²) < 4.78 is 0. The second-order valence-electron chi connectivity index (χ2n) is 4.71. The molecule has 0 heterocycles. The minimum atomic E-state index is 0.122. The fourth-order valence-corrected chi connectivity index (χ4v) is 2.16. The third-order valence-electron chi connectivity index (χ3n) is 3.05. The first-order valence-electron chi connectivity index (χ1n) is 5.76. The van der Waals surface area contributed by atoms with Crippen LogP contribution in [0, 0.1) is 6.92 Å². The van der Waals surface area contributed by atoms with E-state index < -0.39 is 0 Å². The van der Waals surface area contributed by atoms with E-state index in [1.807, 2.05) is 0 Å². The third-order valence-corrected chi connectivity index (χ3v) is 3.05. The number of rotatable bonds is 2.